The first-order chi connectivity index (χ1) is 9.43. The molecule has 3 nitrogen and oxygen atoms in total. The summed E-state index contributed by atoms with van der Waals surface area (Å²) in [5.41, 5.74) is 7.80. The van der Waals surface area contributed by atoms with Crippen LogP contribution >= 0.6 is 11.3 Å². The van der Waals surface area contributed by atoms with Crippen LogP contribution in [-0.2, 0) is 5.41 Å². The van der Waals surface area contributed by atoms with Gasteiger partial charge >= 0.3 is 0 Å². The van der Waals surface area contributed by atoms with Gasteiger partial charge in [0.25, 0.3) is 0 Å². The number of likely N-dealkylation sites (tertiary alicyclic amines) is 1. The van der Waals surface area contributed by atoms with Gasteiger partial charge in [-0.3, -0.25) is 4.90 Å². The van der Waals surface area contributed by atoms with Crippen LogP contribution in [0, 0.1) is 0 Å². The topological polar surface area (TPSA) is 42.1 Å². The van der Waals surface area contributed by atoms with E-state index in [2.05, 4.69) is 38.0 Å². The van der Waals surface area contributed by atoms with Crippen LogP contribution in [0.25, 0.3) is 0 Å². The van der Waals surface area contributed by atoms with Gasteiger partial charge in [-0.1, -0.05) is 34.1 Å². The maximum absolute atomic E-state index is 6.47. The summed E-state index contributed by atoms with van der Waals surface area (Å²) in [6.45, 7) is 11.2. The highest BCUT2D eigenvalue weighted by Crippen LogP contribution is 2.33. The van der Waals surface area contributed by atoms with E-state index >= 15 is 0 Å². The zero-order valence-electron chi connectivity index (χ0n) is 13.4. The monoisotopic (exact) mass is 295 g/mol. The predicted octanol–water partition coefficient (Wildman–Crippen LogP) is 3.70. The average Bonchev–Trinajstić information content (AvgIpc) is 2.77. The van der Waals surface area contributed by atoms with Crippen molar-refractivity contribution >= 4 is 11.3 Å². The molecule has 2 heterocycles. The molecule has 2 atom stereocenters. The summed E-state index contributed by atoms with van der Waals surface area (Å²) in [6.07, 6.45) is 4.81. The molecule has 1 aromatic heterocycles. The second-order valence-electron chi connectivity index (χ2n) is 6.97. The molecule has 0 aromatic carbocycles. The standard InChI is InChI=1S/C16H29N3S/c1-5-9-19-10-7-6-8-12(17)14(19)13-11-20-15(18-13)16(2,3)4/h11-12,14H,5-10,17H2,1-4H3. The van der Waals surface area contributed by atoms with Crippen LogP contribution in [-0.4, -0.2) is 29.0 Å². The molecule has 1 saturated heterocycles. The van der Waals surface area contributed by atoms with Crippen molar-refractivity contribution in [3.05, 3.63) is 16.1 Å². The molecule has 0 spiro atoms. The summed E-state index contributed by atoms with van der Waals surface area (Å²) in [4.78, 5) is 7.48. The Morgan fingerprint density at radius 1 is 1.40 bits per heavy atom. The van der Waals surface area contributed by atoms with Crippen LogP contribution in [0.4, 0.5) is 0 Å². The van der Waals surface area contributed by atoms with E-state index < -0.39 is 0 Å². The van der Waals surface area contributed by atoms with Gasteiger partial charge in [-0.05, 0) is 32.4 Å². The smallest absolute Gasteiger partial charge is 0.0982 e. The third-order valence-electron chi connectivity index (χ3n) is 4.01. The van der Waals surface area contributed by atoms with Crippen LogP contribution in [0.15, 0.2) is 5.38 Å². The van der Waals surface area contributed by atoms with Crippen molar-refractivity contribution in [2.45, 2.75) is 70.9 Å². The van der Waals surface area contributed by atoms with Crippen LogP contribution in [0.2, 0.25) is 0 Å². The highest BCUT2D eigenvalue weighted by atomic mass is 32.1. The first-order valence-electron chi connectivity index (χ1n) is 7.89. The summed E-state index contributed by atoms with van der Waals surface area (Å²) in [6, 6.07) is 0.531. The number of aromatic nitrogens is 1. The molecule has 2 rings (SSSR count). The van der Waals surface area contributed by atoms with Gasteiger partial charge in [0.2, 0.25) is 0 Å². The van der Waals surface area contributed by atoms with Crippen molar-refractivity contribution in [2.24, 2.45) is 5.73 Å². The minimum atomic E-state index is 0.132. The Balaban J connectivity index is 2.27. The number of nitrogens with two attached hydrogens (primary N) is 1. The first-order valence-corrected chi connectivity index (χ1v) is 8.77. The lowest BCUT2D eigenvalue weighted by Gasteiger charge is -2.32. The molecule has 20 heavy (non-hydrogen) atoms. The second kappa shape index (κ2) is 6.54. The molecule has 114 valence electrons. The van der Waals surface area contributed by atoms with Crippen LogP contribution in [0.5, 0.6) is 0 Å². The van der Waals surface area contributed by atoms with Gasteiger partial charge in [-0.25, -0.2) is 4.98 Å². The zero-order chi connectivity index (χ0) is 14.8. The lowest BCUT2D eigenvalue weighted by atomic mass is 9.97. The van der Waals surface area contributed by atoms with Gasteiger partial charge < -0.3 is 5.73 Å². The lowest BCUT2D eigenvalue weighted by Crippen LogP contribution is -2.40. The van der Waals surface area contributed by atoms with E-state index in [0.717, 1.165) is 19.5 Å². The Morgan fingerprint density at radius 2 is 2.15 bits per heavy atom. The molecule has 0 saturated carbocycles. The van der Waals surface area contributed by atoms with Crippen molar-refractivity contribution in [1.82, 2.24) is 9.88 Å². The molecular formula is C16H29N3S. The van der Waals surface area contributed by atoms with Crippen LogP contribution in [0.1, 0.15) is 70.1 Å². The van der Waals surface area contributed by atoms with Gasteiger partial charge in [0.05, 0.1) is 16.7 Å². The summed E-state index contributed by atoms with van der Waals surface area (Å²) >= 11 is 1.79. The molecule has 0 amide bonds. The molecule has 1 aliphatic heterocycles. The minimum Gasteiger partial charge on any atom is -0.326 e. The highest BCUT2D eigenvalue weighted by molar-refractivity contribution is 7.09. The molecule has 1 fully saturated rings. The molecule has 1 aliphatic rings. The fraction of sp³-hybridized carbons (Fsp3) is 0.812. The Labute approximate surface area is 127 Å². The van der Waals surface area contributed by atoms with Crippen LogP contribution in [0.3, 0.4) is 0 Å². The molecule has 2 N–H and O–H groups in total. The summed E-state index contributed by atoms with van der Waals surface area (Å²) in [7, 11) is 0. The third kappa shape index (κ3) is 3.60. The Bertz CT molecular complexity index is 422. The average molecular weight is 295 g/mol. The summed E-state index contributed by atoms with van der Waals surface area (Å²) in [5.74, 6) is 0. The van der Waals surface area contributed by atoms with E-state index in [9.17, 15) is 0 Å². The van der Waals surface area contributed by atoms with E-state index in [0.29, 0.717) is 6.04 Å². The number of hydrogen-bond acceptors (Lipinski definition) is 4. The molecule has 1 aromatic rings. The molecule has 0 aliphatic carbocycles. The van der Waals surface area contributed by atoms with Crippen molar-refractivity contribution in [3.63, 3.8) is 0 Å². The van der Waals surface area contributed by atoms with E-state index in [1.807, 2.05) is 0 Å². The normalized spacial score (nSPS) is 25.6. The molecule has 0 bridgehead atoms. The fourth-order valence-corrected chi connectivity index (χ4v) is 3.91. The molecule has 2 unspecified atom stereocenters. The summed E-state index contributed by atoms with van der Waals surface area (Å²) < 4.78 is 0. The van der Waals surface area contributed by atoms with E-state index in [-0.39, 0.29) is 11.5 Å². The molecular weight excluding hydrogens is 266 g/mol. The Hall–Kier alpha value is -0.450. The van der Waals surface area contributed by atoms with Gasteiger partial charge in [0, 0.05) is 16.8 Å². The zero-order valence-corrected chi connectivity index (χ0v) is 14.2. The largest absolute Gasteiger partial charge is 0.326 e. The number of hydrogen-bond donors (Lipinski definition) is 1. The molecule has 4 heteroatoms. The Kier molecular flexibility index (Phi) is 5.21. The van der Waals surface area contributed by atoms with Gasteiger partial charge in [0.1, 0.15) is 0 Å². The molecule has 0 radical (unpaired) electrons. The second-order valence-corrected chi connectivity index (χ2v) is 7.83. The van der Waals surface area contributed by atoms with E-state index in [1.165, 1.54) is 30.0 Å². The van der Waals surface area contributed by atoms with Gasteiger partial charge in [-0.15, -0.1) is 11.3 Å². The predicted molar refractivity (Wildman–Crippen MR) is 87.2 cm³/mol. The van der Waals surface area contributed by atoms with Crippen molar-refractivity contribution < 1.29 is 0 Å². The lowest BCUT2D eigenvalue weighted by molar-refractivity contribution is 0.182. The SMILES string of the molecule is CCCN1CCCCC(N)C1c1csc(C(C)(C)C)n1. The van der Waals surface area contributed by atoms with Crippen molar-refractivity contribution in [1.29, 1.82) is 0 Å². The third-order valence-corrected chi connectivity index (χ3v) is 5.30. The maximum Gasteiger partial charge on any atom is 0.0982 e. The minimum absolute atomic E-state index is 0.132. The maximum atomic E-state index is 6.47. The van der Waals surface area contributed by atoms with Crippen molar-refractivity contribution in [2.75, 3.05) is 13.1 Å². The van der Waals surface area contributed by atoms with E-state index in [1.54, 1.807) is 11.3 Å². The van der Waals surface area contributed by atoms with Crippen molar-refractivity contribution in [3.8, 4) is 0 Å². The number of nitrogens with zero attached hydrogens (tertiary/aromatic N) is 2. The number of thiazole rings is 1. The number of rotatable bonds is 3. The fourth-order valence-electron chi connectivity index (χ4n) is 2.97. The highest BCUT2D eigenvalue weighted by Gasteiger charge is 2.31. The first kappa shape index (κ1) is 15.9. The quantitative estimate of drug-likeness (QED) is 0.924. The van der Waals surface area contributed by atoms with Gasteiger partial charge in [0.15, 0.2) is 0 Å². The summed E-state index contributed by atoms with van der Waals surface area (Å²) in [5, 5.41) is 3.46. The van der Waals surface area contributed by atoms with E-state index in [4.69, 9.17) is 10.7 Å². The van der Waals surface area contributed by atoms with Crippen LogP contribution < -0.4 is 5.73 Å². The van der Waals surface area contributed by atoms with Gasteiger partial charge in [-0.2, -0.15) is 0 Å². The Morgan fingerprint density at radius 3 is 2.75 bits per heavy atom.